The van der Waals surface area contributed by atoms with Crippen molar-refractivity contribution in [1.29, 1.82) is 0 Å². The number of hydrogen-bond acceptors (Lipinski definition) is 2. The zero-order valence-corrected chi connectivity index (χ0v) is 12.3. The number of hydrogen-bond donors (Lipinski definition) is 0. The zero-order valence-electron chi connectivity index (χ0n) is 12.3. The molecule has 0 atom stereocenters. The molecule has 0 amide bonds. The first-order valence-electron chi connectivity index (χ1n) is 7.01. The molecule has 0 aliphatic heterocycles. The summed E-state index contributed by atoms with van der Waals surface area (Å²) in [5, 5.41) is 2.43. The van der Waals surface area contributed by atoms with E-state index in [1.165, 1.54) is 16.3 Å². The molecule has 0 saturated heterocycles. The number of para-hydroxylation sites is 1. The second-order valence-corrected chi connectivity index (χ2v) is 5.11. The van der Waals surface area contributed by atoms with Crippen molar-refractivity contribution in [2.24, 2.45) is 0 Å². The van der Waals surface area contributed by atoms with E-state index in [9.17, 15) is 0 Å². The summed E-state index contributed by atoms with van der Waals surface area (Å²) in [6.07, 6.45) is 0. The lowest BCUT2D eigenvalue weighted by Crippen LogP contribution is -1.98. The van der Waals surface area contributed by atoms with Gasteiger partial charge in [-0.1, -0.05) is 48.0 Å². The maximum atomic E-state index is 5.89. The van der Waals surface area contributed by atoms with Gasteiger partial charge in [0.2, 0.25) is 0 Å². The van der Waals surface area contributed by atoms with E-state index in [1.54, 1.807) is 7.11 Å². The third kappa shape index (κ3) is 3.00. The highest BCUT2D eigenvalue weighted by atomic mass is 16.5. The van der Waals surface area contributed by atoms with Gasteiger partial charge >= 0.3 is 0 Å². The Morgan fingerprint density at radius 2 is 1.62 bits per heavy atom. The molecule has 3 rings (SSSR count). The SMILES string of the molecule is COc1ccccc1COc1ccc2cc(C)ccc2c1. The fraction of sp³-hybridized carbons (Fsp3) is 0.158. The van der Waals surface area contributed by atoms with E-state index >= 15 is 0 Å². The molecule has 3 aromatic carbocycles. The molecule has 21 heavy (non-hydrogen) atoms. The molecule has 0 saturated carbocycles. The fourth-order valence-corrected chi connectivity index (χ4v) is 2.42. The summed E-state index contributed by atoms with van der Waals surface area (Å²) >= 11 is 0. The quantitative estimate of drug-likeness (QED) is 0.686. The van der Waals surface area contributed by atoms with Gasteiger partial charge < -0.3 is 9.47 Å². The molecular weight excluding hydrogens is 260 g/mol. The van der Waals surface area contributed by atoms with Crippen LogP contribution in [0.5, 0.6) is 11.5 Å². The predicted molar refractivity (Wildman–Crippen MR) is 86.0 cm³/mol. The maximum Gasteiger partial charge on any atom is 0.125 e. The molecule has 2 heteroatoms. The molecule has 0 radical (unpaired) electrons. The van der Waals surface area contributed by atoms with Crippen molar-refractivity contribution in [1.82, 2.24) is 0 Å². The standard InChI is InChI=1S/C19H18O2/c1-14-7-8-16-12-18(10-9-15(16)11-14)21-13-17-5-3-4-6-19(17)20-2/h3-12H,13H2,1-2H3. The van der Waals surface area contributed by atoms with Gasteiger partial charge in [-0.3, -0.25) is 0 Å². The summed E-state index contributed by atoms with van der Waals surface area (Å²) in [6.45, 7) is 2.60. The highest BCUT2D eigenvalue weighted by molar-refractivity contribution is 5.84. The minimum atomic E-state index is 0.501. The third-order valence-corrected chi connectivity index (χ3v) is 3.55. The van der Waals surface area contributed by atoms with Gasteiger partial charge in [0.15, 0.2) is 0 Å². The van der Waals surface area contributed by atoms with E-state index in [1.807, 2.05) is 30.3 Å². The second-order valence-electron chi connectivity index (χ2n) is 5.11. The van der Waals surface area contributed by atoms with Crippen LogP contribution in [0.4, 0.5) is 0 Å². The van der Waals surface area contributed by atoms with Crippen LogP contribution in [-0.4, -0.2) is 7.11 Å². The minimum Gasteiger partial charge on any atom is -0.496 e. The van der Waals surface area contributed by atoms with Crippen molar-refractivity contribution in [2.75, 3.05) is 7.11 Å². The van der Waals surface area contributed by atoms with Gasteiger partial charge in [-0.25, -0.2) is 0 Å². The Balaban J connectivity index is 1.80. The number of methoxy groups -OCH3 is 1. The van der Waals surface area contributed by atoms with Gasteiger partial charge in [-0.05, 0) is 35.9 Å². The molecule has 0 N–H and O–H groups in total. The van der Waals surface area contributed by atoms with E-state index in [4.69, 9.17) is 9.47 Å². The minimum absolute atomic E-state index is 0.501. The number of rotatable bonds is 4. The Kier molecular flexibility index (Phi) is 3.78. The van der Waals surface area contributed by atoms with Crippen molar-refractivity contribution in [3.8, 4) is 11.5 Å². The molecule has 0 spiro atoms. The van der Waals surface area contributed by atoms with E-state index in [0.29, 0.717) is 6.61 Å². The van der Waals surface area contributed by atoms with E-state index < -0.39 is 0 Å². The highest BCUT2D eigenvalue weighted by Crippen LogP contribution is 2.24. The van der Waals surface area contributed by atoms with Crippen LogP contribution < -0.4 is 9.47 Å². The topological polar surface area (TPSA) is 18.5 Å². The Bertz CT molecular complexity index is 762. The maximum absolute atomic E-state index is 5.89. The van der Waals surface area contributed by atoms with Crippen LogP contribution in [0.3, 0.4) is 0 Å². The van der Waals surface area contributed by atoms with Gasteiger partial charge in [-0.15, -0.1) is 0 Å². The van der Waals surface area contributed by atoms with Crippen molar-refractivity contribution < 1.29 is 9.47 Å². The first-order chi connectivity index (χ1) is 10.3. The Hall–Kier alpha value is -2.48. The van der Waals surface area contributed by atoms with Crippen LogP contribution >= 0.6 is 0 Å². The lowest BCUT2D eigenvalue weighted by Gasteiger charge is -2.10. The van der Waals surface area contributed by atoms with Crippen molar-refractivity contribution >= 4 is 10.8 Å². The average Bonchev–Trinajstić information content (AvgIpc) is 2.53. The van der Waals surface area contributed by atoms with E-state index in [-0.39, 0.29) is 0 Å². The summed E-state index contributed by atoms with van der Waals surface area (Å²) in [4.78, 5) is 0. The lowest BCUT2D eigenvalue weighted by atomic mass is 10.1. The Labute approximate surface area is 124 Å². The van der Waals surface area contributed by atoms with Gasteiger partial charge in [0.05, 0.1) is 7.11 Å². The normalized spacial score (nSPS) is 10.6. The predicted octanol–water partition coefficient (Wildman–Crippen LogP) is 4.74. The van der Waals surface area contributed by atoms with Crippen LogP contribution in [0.15, 0.2) is 60.7 Å². The number of aryl methyl sites for hydroxylation is 1. The first-order valence-corrected chi connectivity index (χ1v) is 7.01. The molecule has 0 bridgehead atoms. The van der Waals surface area contributed by atoms with E-state index in [2.05, 4.69) is 37.3 Å². The molecular formula is C19H18O2. The van der Waals surface area contributed by atoms with Gasteiger partial charge in [0, 0.05) is 5.56 Å². The molecule has 2 nitrogen and oxygen atoms in total. The number of benzene rings is 3. The number of ether oxygens (including phenoxy) is 2. The van der Waals surface area contributed by atoms with Gasteiger partial charge in [-0.2, -0.15) is 0 Å². The van der Waals surface area contributed by atoms with Crippen LogP contribution in [0.2, 0.25) is 0 Å². The Morgan fingerprint density at radius 1 is 0.857 bits per heavy atom. The van der Waals surface area contributed by atoms with Crippen LogP contribution in [0.1, 0.15) is 11.1 Å². The van der Waals surface area contributed by atoms with Gasteiger partial charge in [0.1, 0.15) is 18.1 Å². The number of fused-ring (bicyclic) bond motifs is 1. The second kappa shape index (κ2) is 5.88. The fourth-order valence-electron chi connectivity index (χ4n) is 2.42. The molecule has 0 heterocycles. The largest absolute Gasteiger partial charge is 0.496 e. The molecule has 3 aromatic rings. The highest BCUT2D eigenvalue weighted by Gasteiger charge is 2.03. The summed E-state index contributed by atoms with van der Waals surface area (Å²) in [5.74, 6) is 1.73. The molecule has 0 fully saturated rings. The summed E-state index contributed by atoms with van der Waals surface area (Å²) < 4.78 is 11.2. The van der Waals surface area contributed by atoms with Crippen molar-refractivity contribution in [2.45, 2.75) is 13.5 Å². The lowest BCUT2D eigenvalue weighted by molar-refractivity contribution is 0.297. The van der Waals surface area contributed by atoms with E-state index in [0.717, 1.165) is 17.1 Å². The van der Waals surface area contributed by atoms with Crippen LogP contribution in [-0.2, 0) is 6.61 Å². The van der Waals surface area contributed by atoms with Crippen LogP contribution in [0, 0.1) is 6.92 Å². The third-order valence-electron chi connectivity index (χ3n) is 3.55. The van der Waals surface area contributed by atoms with Crippen molar-refractivity contribution in [3.05, 3.63) is 71.8 Å². The molecule has 106 valence electrons. The summed E-state index contributed by atoms with van der Waals surface area (Å²) in [7, 11) is 1.68. The zero-order chi connectivity index (χ0) is 14.7. The molecule has 0 unspecified atom stereocenters. The monoisotopic (exact) mass is 278 g/mol. The van der Waals surface area contributed by atoms with Gasteiger partial charge in [0.25, 0.3) is 0 Å². The van der Waals surface area contributed by atoms with Crippen LogP contribution in [0.25, 0.3) is 10.8 Å². The molecule has 0 aliphatic rings. The summed E-state index contributed by atoms with van der Waals surface area (Å²) in [6, 6.07) is 20.5. The summed E-state index contributed by atoms with van der Waals surface area (Å²) in [5.41, 5.74) is 2.31. The smallest absolute Gasteiger partial charge is 0.125 e. The first kappa shape index (κ1) is 13.5. The molecule has 0 aromatic heterocycles. The average molecular weight is 278 g/mol. The van der Waals surface area contributed by atoms with Crippen molar-refractivity contribution in [3.63, 3.8) is 0 Å². The Morgan fingerprint density at radius 3 is 2.48 bits per heavy atom. The molecule has 0 aliphatic carbocycles.